The fourth-order valence-corrected chi connectivity index (χ4v) is 6.95. The third kappa shape index (κ3) is 4.73. The van der Waals surface area contributed by atoms with Gasteiger partial charge >= 0.3 is 0 Å². The number of fused-ring (bicyclic) bond motifs is 6. The Morgan fingerprint density at radius 3 is 1.64 bits per heavy atom. The van der Waals surface area contributed by atoms with Crippen LogP contribution in [0.25, 0.3) is 99.4 Å². The van der Waals surface area contributed by atoms with Crippen LogP contribution in [0.4, 0.5) is 0 Å². The highest BCUT2D eigenvalue weighted by atomic mass is 14.8. The third-order valence-corrected chi connectivity index (χ3v) is 9.45. The summed E-state index contributed by atoms with van der Waals surface area (Å²) >= 11 is 0. The first kappa shape index (κ1) is 28.1. The molecule has 0 aliphatic rings. The Labute approximate surface area is 286 Å². The molecule has 5 aromatic carbocycles. The van der Waals surface area contributed by atoms with Crippen molar-refractivity contribution >= 4 is 54.4 Å². The third-order valence-electron chi connectivity index (χ3n) is 9.45. The lowest BCUT2D eigenvalue weighted by molar-refractivity contribution is 1.19. The van der Waals surface area contributed by atoms with Gasteiger partial charge in [-0.1, -0.05) is 84.9 Å². The summed E-state index contributed by atoms with van der Waals surface area (Å²) in [5, 5.41) is 6.60. The van der Waals surface area contributed by atoms with Crippen molar-refractivity contribution in [3.8, 4) is 45.0 Å². The number of hydrogen-bond donors (Lipinski definition) is 0. The normalized spacial score (nSPS) is 11.6. The van der Waals surface area contributed by atoms with Crippen LogP contribution in [0, 0.1) is 0 Å². The number of nitrogens with zero attached hydrogens (tertiary/aromatic N) is 6. The second kappa shape index (κ2) is 11.4. The van der Waals surface area contributed by atoms with Gasteiger partial charge in [0.05, 0.1) is 45.3 Å². The minimum absolute atomic E-state index is 0.761. The molecule has 0 fully saturated rings. The number of benzene rings is 5. The molecule has 0 aliphatic heterocycles. The molecule has 0 N–H and O–H groups in total. The maximum absolute atomic E-state index is 5.15. The van der Waals surface area contributed by atoms with E-state index < -0.39 is 0 Å². The van der Waals surface area contributed by atoms with Crippen LogP contribution >= 0.6 is 0 Å². The highest BCUT2D eigenvalue weighted by Gasteiger charge is 2.14. The van der Waals surface area contributed by atoms with Gasteiger partial charge in [0.25, 0.3) is 0 Å². The van der Waals surface area contributed by atoms with Crippen molar-refractivity contribution in [2.24, 2.45) is 0 Å². The Morgan fingerprint density at radius 2 is 0.960 bits per heavy atom. The topological polar surface area (TPSA) is 77.3 Å². The first-order valence-corrected chi connectivity index (χ1v) is 16.5. The van der Waals surface area contributed by atoms with Crippen molar-refractivity contribution in [2.45, 2.75) is 0 Å². The van der Waals surface area contributed by atoms with Gasteiger partial charge < -0.3 is 0 Å². The van der Waals surface area contributed by atoms with Crippen LogP contribution in [0.15, 0.2) is 158 Å². The van der Waals surface area contributed by atoms with E-state index in [-0.39, 0.29) is 0 Å². The monoisotopic (exact) mass is 638 g/mol. The maximum atomic E-state index is 5.15. The summed E-state index contributed by atoms with van der Waals surface area (Å²) in [6.45, 7) is 0. The van der Waals surface area contributed by atoms with Crippen molar-refractivity contribution in [1.82, 2.24) is 29.9 Å². The molecular weight excluding hydrogens is 613 g/mol. The minimum atomic E-state index is 0.761. The van der Waals surface area contributed by atoms with Gasteiger partial charge in [0.2, 0.25) is 0 Å². The molecule has 0 saturated carbocycles. The molecule has 10 rings (SSSR count). The maximum Gasteiger partial charge on any atom is 0.107 e. The van der Waals surface area contributed by atoms with Gasteiger partial charge in [-0.15, -0.1) is 0 Å². The van der Waals surface area contributed by atoms with Crippen molar-refractivity contribution in [1.29, 1.82) is 0 Å². The largest absolute Gasteiger partial charge is 0.261 e. The minimum Gasteiger partial charge on any atom is -0.261 e. The molecule has 0 aliphatic carbocycles. The van der Waals surface area contributed by atoms with Gasteiger partial charge in [-0.2, -0.15) is 0 Å². The van der Waals surface area contributed by atoms with Gasteiger partial charge in [-0.05, 0) is 70.4 Å². The summed E-state index contributed by atoms with van der Waals surface area (Å²) in [6, 6.07) is 46.6. The first-order chi connectivity index (χ1) is 24.7. The molecule has 0 radical (unpaired) electrons. The molecule has 0 amide bonds. The van der Waals surface area contributed by atoms with Crippen molar-refractivity contribution in [2.75, 3.05) is 0 Å². The lowest BCUT2D eigenvalue weighted by Crippen LogP contribution is -1.92. The Morgan fingerprint density at radius 1 is 0.360 bits per heavy atom. The van der Waals surface area contributed by atoms with Gasteiger partial charge in [-0.3, -0.25) is 15.0 Å². The van der Waals surface area contributed by atoms with Gasteiger partial charge in [0, 0.05) is 51.3 Å². The zero-order valence-electron chi connectivity index (χ0n) is 26.7. The quantitative estimate of drug-likeness (QED) is 0.179. The molecule has 0 unspecified atom stereocenters. The van der Waals surface area contributed by atoms with E-state index in [0.717, 1.165) is 99.4 Å². The molecule has 5 aromatic heterocycles. The molecule has 0 atom stereocenters. The Bertz CT molecular complexity index is 2940. The van der Waals surface area contributed by atoms with E-state index in [1.807, 2.05) is 18.3 Å². The zero-order chi connectivity index (χ0) is 33.0. The Hall–Kier alpha value is -6.92. The second-order valence-electron chi connectivity index (χ2n) is 12.4. The Kier molecular flexibility index (Phi) is 6.39. The summed E-state index contributed by atoms with van der Waals surface area (Å²) in [4.78, 5) is 28.3. The molecule has 6 heteroatoms. The molecule has 10 aromatic rings. The van der Waals surface area contributed by atoms with E-state index in [2.05, 4.69) is 136 Å². The number of hydrogen-bond acceptors (Lipinski definition) is 6. The number of pyridine rings is 4. The molecule has 5 heterocycles. The molecule has 50 heavy (non-hydrogen) atoms. The van der Waals surface area contributed by atoms with Crippen LogP contribution in [0.3, 0.4) is 0 Å². The fourth-order valence-electron chi connectivity index (χ4n) is 6.95. The average molecular weight is 639 g/mol. The standard InChI is InChI=1S/C44H26N6/c1-2-6-34-33(5-1)35(14-15-36(34)40-18-9-28-8-7-27-4-3-21-47-43(27)44(28)50-40)39-19-12-31-24-29(10-16-37(31)48-39)30-11-17-38-32(25-30)13-20-41(49-38)42-26-45-22-23-46-42/h1-26H. The van der Waals surface area contributed by atoms with Crippen LogP contribution in [-0.4, -0.2) is 29.9 Å². The fraction of sp³-hybridized carbons (Fsp3) is 0. The van der Waals surface area contributed by atoms with Gasteiger partial charge in [0.1, 0.15) is 5.69 Å². The predicted octanol–water partition coefficient (Wildman–Crippen LogP) is 10.5. The van der Waals surface area contributed by atoms with Crippen molar-refractivity contribution in [3.05, 3.63) is 158 Å². The average Bonchev–Trinajstić information content (AvgIpc) is 3.19. The van der Waals surface area contributed by atoms with Crippen LogP contribution in [0.1, 0.15) is 0 Å². The Balaban J connectivity index is 1.01. The summed E-state index contributed by atoms with van der Waals surface area (Å²) in [5.41, 5.74) is 11.6. The van der Waals surface area contributed by atoms with Gasteiger partial charge in [0.15, 0.2) is 0 Å². The highest BCUT2D eigenvalue weighted by Crippen LogP contribution is 2.37. The van der Waals surface area contributed by atoms with Crippen LogP contribution in [-0.2, 0) is 0 Å². The predicted molar refractivity (Wildman–Crippen MR) is 202 cm³/mol. The summed E-state index contributed by atoms with van der Waals surface area (Å²) in [6.07, 6.45) is 6.92. The molecule has 232 valence electrons. The van der Waals surface area contributed by atoms with E-state index in [0.29, 0.717) is 0 Å². The van der Waals surface area contributed by atoms with Crippen molar-refractivity contribution in [3.63, 3.8) is 0 Å². The lowest BCUT2D eigenvalue weighted by atomic mass is 9.95. The highest BCUT2D eigenvalue weighted by molar-refractivity contribution is 6.07. The smallest absolute Gasteiger partial charge is 0.107 e. The van der Waals surface area contributed by atoms with Gasteiger partial charge in [-0.25, -0.2) is 15.0 Å². The molecule has 0 spiro atoms. The summed E-state index contributed by atoms with van der Waals surface area (Å²) in [5.74, 6) is 0. The van der Waals surface area contributed by atoms with Crippen LogP contribution in [0.2, 0.25) is 0 Å². The first-order valence-electron chi connectivity index (χ1n) is 16.5. The number of rotatable bonds is 4. The summed E-state index contributed by atoms with van der Waals surface area (Å²) < 4.78 is 0. The molecular formula is C44H26N6. The lowest BCUT2D eigenvalue weighted by Gasteiger charge is -2.13. The number of aromatic nitrogens is 6. The molecule has 0 bridgehead atoms. The molecule has 0 saturated heterocycles. The second-order valence-corrected chi connectivity index (χ2v) is 12.4. The van der Waals surface area contributed by atoms with E-state index in [1.165, 1.54) is 0 Å². The SMILES string of the molecule is c1cnc2c(c1)ccc1ccc(-c3ccc(-c4ccc5cc(-c6ccc7nc(-c8cnccn8)ccc7c6)ccc5n4)c4ccccc34)nc12. The van der Waals surface area contributed by atoms with Crippen molar-refractivity contribution < 1.29 is 0 Å². The molecule has 6 nitrogen and oxygen atoms in total. The van der Waals surface area contributed by atoms with E-state index >= 15 is 0 Å². The zero-order valence-corrected chi connectivity index (χ0v) is 26.7. The summed E-state index contributed by atoms with van der Waals surface area (Å²) in [7, 11) is 0. The van der Waals surface area contributed by atoms with Crippen LogP contribution in [0.5, 0.6) is 0 Å². The van der Waals surface area contributed by atoms with E-state index in [9.17, 15) is 0 Å². The van der Waals surface area contributed by atoms with E-state index in [4.69, 9.17) is 15.0 Å². The van der Waals surface area contributed by atoms with Crippen LogP contribution < -0.4 is 0 Å². The van der Waals surface area contributed by atoms with E-state index in [1.54, 1.807) is 18.6 Å².